The lowest BCUT2D eigenvalue weighted by molar-refractivity contribution is -0.150. The van der Waals surface area contributed by atoms with Crippen LogP contribution < -0.4 is 9.47 Å². The second kappa shape index (κ2) is 8.97. The van der Waals surface area contributed by atoms with Crippen LogP contribution in [0.4, 0.5) is 0 Å². The summed E-state index contributed by atoms with van der Waals surface area (Å²) in [5, 5.41) is 4.61. The minimum absolute atomic E-state index is 0.282. The van der Waals surface area contributed by atoms with Crippen molar-refractivity contribution in [3.63, 3.8) is 0 Å². The number of ether oxygens (including phenoxy) is 4. The topological polar surface area (TPSA) is 94.3 Å². The van der Waals surface area contributed by atoms with Gasteiger partial charge in [0.15, 0.2) is 5.79 Å². The molecule has 0 saturated carbocycles. The van der Waals surface area contributed by atoms with E-state index in [1.165, 1.54) is 0 Å². The number of hydrogen-bond acceptors (Lipinski definition) is 6. The Labute approximate surface area is 225 Å². The predicted molar refractivity (Wildman–Crippen MR) is 151 cm³/mol. The third-order valence-electron chi connectivity index (χ3n) is 7.48. The molecule has 4 aromatic heterocycles. The van der Waals surface area contributed by atoms with Crippen molar-refractivity contribution in [3.8, 4) is 11.5 Å². The molecule has 8 nitrogen and oxygen atoms in total. The van der Waals surface area contributed by atoms with E-state index in [4.69, 9.17) is 18.9 Å². The molecule has 1 fully saturated rings. The lowest BCUT2D eigenvalue weighted by atomic mass is 10.1. The Balaban J connectivity index is 1.06. The summed E-state index contributed by atoms with van der Waals surface area (Å²) in [6.07, 6.45) is 3.12. The molecule has 0 unspecified atom stereocenters. The number of hydrogen-bond donors (Lipinski definition) is 2. The van der Waals surface area contributed by atoms with Crippen LogP contribution in [-0.4, -0.2) is 51.1 Å². The monoisotopic (exact) mass is 522 g/mol. The highest BCUT2D eigenvalue weighted by Crippen LogP contribution is 2.33. The number of aromatic amines is 2. The molecule has 0 spiro atoms. The number of fused-ring (bicyclic) bond motifs is 6. The van der Waals surface area contributed by atoms with Gasteiger partial charge < -0.3 is 28.9 Å². The van der Waals surface area contributed by atoms with Crippen LogP contribution in [0.25, 0.3) is 43.6 Å². The van der Waals surface area contributed by atoms with Crippen LogP contribution in [0.2, 0.25) is 0 Å². The molecular weight excluding hydrogens is 492 g/mol. The molecule has 39 heavy (non-hydrogen) atoms. The Hall–Kier alpha value is -4.14. The van der Waals surface area contributed by atoms with E-state index in [0.717, 1.165) is 66.5 Å². The molecule has 5 heterocycles. The van der Waals surface area contributed by atoms with Crippen LogP contribution >= 0.6 is 0 Å². The average molecular weight is 523 g/mol. The molecule has 1 aliphatic rings. The van der Waals surface area contributed by atoms with Crippen LogP contribution in [0.3, 0.4) is 0 Å². The van der Waals surface area contributed by atoms with E-state index in [9.17, 15) is 0 Å². The van der Waals surface area contributed by atoms with Gasteiger partial charge in [-0.25, -0.2) is 0 Å². The SMILES string of the molecule is Cc1nccc2c1[nH]c1cc(OC[C@@H]3OC(C)(C)O[C@H]3COc3ccc4c(c3)[nH]c3c(C)nccc34)ccc12. The fourth-order valence-electron chi connectivity index (χ4n) is 5.62. The summed E-state index contributed by atoms with van der Waals surface area (Å²) in [6.45, 7) is 8.54. The third-order valence-corrected chi connectivity index (χ3v) is 7.48. The molecule has 0 bridgehead atoms. The number of aryl methyl sites for hydroxylation is 2. The number of pyridine rings is 2. The Bertz CT molecular complexity index is 1720. The first-order valence-corrected chi connectivity index (χ1v) is 13.2. The van der Waals surface area contributed by atoms with E-state index in [-0.39, 0.29) is 12.2 Å². The summed E-state index contributed by atoms with van der Waals surface area (Å²) < 4.78 is 24.8. The van der Waals surface area contributed by atoms with Gasteiger partial charge in [-0.2, -0.15) is 0 Å². The molecule has 6 aromatic rings. The molecule has 2 aromatic carbocycles. The van der Waals surface area contributed by atoms with Gasteiger partial charge >= 0.3 is 0 Å². The molecule has 198 valence electrons. The van der Waals surface area contributed by atoms with Crippen molar-refractivity contribution in [3.05, 3.63) is 72.3 Å². The van der Waals surface area contributed by atoms with Gasteiger partial charge in [0.25, 0.3) is 0 Å². The highest BCUT2D eigenvalue weighted by Gasteiger charge is 2.42. The quantitative estimate of drug-likeness (QED) is 0.265. The molecule has 7 rings (SSSR count). The predicted octanol–water partition coefficient (Wildman–Crippen LogP) is 6.34. The van der Waals surface area contributed by atoms with E-state index in [0.29, 0.717) is 13.2 Å². The molecule has 0 radical (unpaired) electrons. The summed E-state index contributed by atoms with van der Waals surface area (Å²) in [4.78, 5) is 15.7. The maximum atomic E-state index is 6.20. The number of nitrogens with zero attached hydrogens (tertiary/aromatic N) is 2. The van der Waals surface area contributed by atoms with Crippen molar-refractivity contribution in [1.29, 1.82) is 0 Å². The number of H-pyrrole nitrogens is 2. The summed E-state index contributed by atoms with van der Waals surface area (Å²) in [7, 11) is 0. The number of nitrogens with one attached hydrogen (secondary N) is 2. The van der Waals surface area contributed by atoms with E-state index in [1.54, 1.807) is 0 Å². The largest absolute Gasteiger partial charge is 0.491 e. The van der Waals surface area contributed by atoms with Crippen LogP contribution in [0.15, 0.2) is 60.9 Å². The van der Waals surface area contributed by atoms with E-state index in [2.05, 4.69) is 32.1 Å². The van der Waals surface area contributed by atoms with Gasteiger partial charge in [-0.1, -0.05) is 0 Å². The Kier molecular flexibility index (Phi) is 5.50. The van der Waals surface area contributed by atoms with Crippen LogP contribution in [0.1, 0.15) is 25.2 Å². The number of rotatable bonds is 6. The van der Waals surface area contributed by atoms with Gasteiger partial charge in [-0.3, -0.25) is 9.97 Å². The van der Waals surface area contributed by atoms with Crippen LogP contribution in [-0.2, 0) is 9.47 Å². The Morgan fingerprint density at radius 1 is 0.692 bits per heavy atom. The summed E-state index contributed by atoms with van der Waals surface area (Å²) in [5.74, 6) is 0.808. The minimum atomic E-state index is -0.723. The first-order chi connectivity index (χ1) is 18.8. The van der Waals surface area contributed by atoms with Gasteiger partial charge in [-0.15, -0.1) is 0 Å². The van der Waals surface area contributed by atoms with Crippen molar-refractivity contribution in [2.75, 3.05) is 13.2 Å². The first kappa shape index (κ1) is 23.9. The van der Waals surface area contributed by atoms with Crippen LogP contribution in [0.5, 0.6) is 11.5 Å². The summed E-state index contributed by atoms with van der Waals surface area (Å²) in [6, 6.07) is 16.3. The molecule has 8 heteroatoms. The lowest BCUT2D eigenvalue weighted by Crippen LogP contribution is -2.33. The van der Waals surface area contributed by atoms with Crippen molar-refractivity contribution < 1.29 is 18.9 Å². The maximum absolute atomic E-state index is 6.20. The fourth-order valence-corrected chi connectivity index (χ4v) is 5.62. The summed E-state index contributed by atoms with van der Waals surface area (Å²) in [5.41, 5.74) is 6.08. The van der Waals surface area contributed by atoms with Gasteiger partial charge in [0, 0.05) is 46.1 Å². The standard InChI is InChI=1S/C31H30N4O4/c1-17-29-23(9-11-32-17)21-7-5-19(13-25(21)34-29)36-15-27-28(39-31(3,4)38-27)16-37-20-6-8-22-24-10-12-33-18(2)30(24)35-26(22)14-20/h5-14,27-28,34-35H,15-16H2,1-4H3/t27-,28-/m0/s1. The first-order valence-electron chi connectivity index (χ1n) is 13.2. The molecule has 2 atom stereocenters. The van der Waals surface area contributed by atoms with E-state index >= 15 is 0 Å². The summed E-state index contributed by atoms with van der Waals surface area (Å²) >= 11 is 0. The zero-order chi connectivity index (χ0) is 26.7. The normalized spacial score (nSPS) is 19.0. The minimum Gasteiger partial charge on any atom is -0.491 e. The van der Waals surface area contributed by atoms with Gasteiger partial charge in [-0.05, 0) is 64.1 Å². The smallest absolute Gasteiger partial charge is 0.164 e. The van der Waals surface area contributed by atoms with Gasteiger partial charge in [0.05, 0.1) is 33.5 Å². The molecule has 1 aliphatic heterocycles. The van der Waals surface area contributed by atoms with Crippen LogP contribution in [0, 0.1) is 13.8 Å². The highest BCUT2D eigenvalue weighted by atomic mass is 16.8. The second-order valence-corrected chi connectivity index (χ2v) is 10.6. The second-order valence-electron chi connectivity index (χ2n) is 10.6. The molecular formula is C31H30N4O4. The maximum Gasteiger partial charge on any atom is 0.164 e. The molecule has 1 saturated heterocycles. The zero-order valence-corrected chi connectivity index (χ0v) is 22.4. The lowest BCUT2D eigenvalue weighted by Gasteiger charge is -2.18. The fraction of sp³-hybridized carbons (Fsp3) is 0.290. The van der Waals surface area contributed by atoms with Crippen molar-refractivity contribution in [2.45, 2.75) is 45.7 Å². The van der Waals surface area contributed by atoms with E-state index in [1.807, 2.05) is 76.5 Å². The van der Waals surface area contributed by atoms with Crippen molar-refractivity contribution in [2.24, 2.45) is 0 Å². The van der Waals surface area contributed by atoms with E-state index < -0.39 is 5.79 Å². The van der Waals surface area contributed by atoms with Crippen molar-refractivity contribution >= 4 is 43.6 Å². The third kappa shape index (κ3) is 4.26. The Morgan fingerprint density at radius 2 is 1.15 bits per heavy atom. The van der Waals surface area contributed by atoms with Gasteiger partial charge in [0.1, 0.15) is 36.9 Å². The van der Waals surface area contributed by atoms with Gasteiger partial charge in [0.2, 0.25) is 0 Å². The molecule has 0 amide bonds. The van der Waals surface area contributed by atoms with Crippen molar-refractivity contribution in [1.82, 2.24) is 19.9 Å². The number of benzene rings is 2. The molecule has 2 N–H and O–H groups in total. The highest BCUT2D eigenvalue weighted by molar-refractivity contribution is 6.08. The average Bonchev–Trinajstić information content (AvgIpc) is 3.57. The number of aromatic nitrogens is 4. The molecule has 0 aliphatic carbocycles. The zero-order valence-electron chi connectivity index (χ0n) is 22.4. The Morgan fingerprint density at radius 3 is 1.62 bits per heavy atom.